The molecular formula is C23H40IN5O3. The molecule has 0 aliphatic heterocycles. The summed E-state index contributed by atoms with van der Waals surface area (Å²) in [4.78, 5) is 28.0. The van der Waals surface area contributed by atoms with E-state index in [0.29, 0.717) is 19.0 Å². The molecule has 4 N–H and O–H groups in total. The van der Waals surface area contributed by atoms with Crippen LogP contribution in [0.15, 0.2) is 29.3 Å². The predicted molar refractivity (Wildman–Crippen MR) is 142 cm³/mol. The van der Waals surface area contributed by atoms with E-state index in [9.17, 15) is 9.59 Å². The number of nitrogens with zero attached hydrogens (tertiary/aromatic N) is 1. The highest BCUT2D eigenvalue weighted by Crippen LogP contribution is 2.12. The molecule has 182 valence electrons. The Morgan fingerprint density at radius 1 is 1.16 bits per heavy atom. The van der Waals surface area contributed by atoms with Crippen molar-refractivity contribution >= 4 is 47.6 Å². The molecule has 0 spiro atoms. The van der Waals surface area contributed by atoms with Gasteiger partial charge in [0.05, 0.1) is 6.54 Å². The fraction of sp³-hybridized carbons (Fsp3) is 0.609. The van der Waals surface area contributed by atoms with Crippen molar-refractivity contribution in [2.45, 2.75) is 79.0 Å². The van der Waals surface area contributed by atoms with Crippen molar-refractivity contribution in [3.63, 3.8) is 0 Å². The van der Waals surface area contributed by atoms with E-state index in [0.717, 1.165) is 37.1 Å². The molecule has 32 heavy (non-hydrogen) atoms. The standard InChI is InChI=1S/C23H39N5O3.HI/c1-7-9-12-20(16-26-22(30)31-23(4,5)6)28-21(24-8-2)25-15-18-11-10-13-19(14-18)27-17(3)29;/h10-11,13-14,20H,7-9,12,15-16H2,1-6H3,(H,26,30)(H,27,29)(H2,24,25,28);1H. The number of alkyl carbamates (subject to hydrolysis) is 1. The van der Waals surface area contributed by atoms with Crippen LogP contribution in [0.4, 0.5) is 10.5 Å². The summed E-state index contributed by atoms with van der Waals surface area (Å²) in [5.74, 6) is 0.575. The summed E-state index contributed by atoms with van der Waals surface area (Å²) in [6.07, 6.45) is 2.57. The number of hydrogen-bond donors (Lipinski definition) is 4. The molecule has 8 nitrogen and oxygen atoms in total. The molecule has 1 aromatic rings. The van der Waals surface area contributed by atoms with Gasteiger partial charge < -0.3 is 26.0 Å². The van der Waals surface area contributed by atoms with Crippen LogP contribution in [0.3, 0.4) is 0 Å². The van der Waals surface area contributed by atoms with Crippen LogP contribution < -0.4 is 21.3 Å². The van der Waals surface area contributed by atoms with Gasteiger partial charge in [0.2, 0.25) is 5.91 Å². The Hall–Kier alpha value is -2.04. The molecule has 1 aromatic carbocycles. The Labute approximate surface area is 209 Å². The number of amides is 2. The smallest absolute Gasteiger partial charge is 0.407 e. The third-order valence-electron chi connectivity index (χ3n) is 4.15. The first-order chi connectivity index (χ1) is 14.6. The summed E-state index contributed by atoms with van der Waals surface area (Å²) < 4.78 is 5.34. The van der Waals surface area contributed by atoms with Gasteiger partial charge in [-0.3, -0.25) is 4.79 Å². The van der Waals surface area contributed by atoms with Gasteiger partial charge >= 0.3 is 6.09 Å². The van der Waals surface area contributed by atoms with E-state index in [1.165, 1.54) is 6.92 Å². The summed E-state index contributed by atoms with van der Waals surface area (Å²) in [6, 6.07) is 7.65. The number of guanidine groups is 1. The van der Waals surface area contributed by atoms with E-state index in [2.05, 4.69) is 33.2 Å². The lowest BCUT2D eigenvalue weighted by atomic mass is 10.1. The monoisotopic (exact) mass is 561 g/mol. The highest BCUT2D eigenvalue weighted by molar-refractivity contribution is 14.0. The lowest BCUT2D eigenvalue weighted by molar-refractivity contribution is -0.114. The summed E-state index contributed by atoms with van der Waals surface area (Å²) in [6.45, 7) is 12.8. The molecule has 1 rings (SSSR count). The number of carbonyl (C=O) groups is 2. The number of nitrogens with one attached hydrogen (secondary N) is 4. The minimum atomic E-state index is -0.529. The van der Waals surface area contributed by atoms with Crippen molar-refractivity contribution in [3.8, 4) is 0 Å². The number of rotatable bonds is 10. The van der Waals surface area contributed by atoms with E-state index in [-0.39, 0.29) is 35.9 Å². The van der Waals surface area contributed by atoms with Gasteiger partial charge in [-0.05, 0) is 51.8 Å². The molecule has 0 aromatic heterocycles. The lowest BCUT2D eigenvalue weighted by Gasteiger charge is -2.24. The van der Waals surface area contributed by atoms with Gasteiger partial charge in [0.25, 0.3) is 0 Å². The molecule has 0 saturated heterocycles. The summed E-state index contributed by atoms with van der Waals surface area (Å²) >= 11 is 0. The van der Waals surface area contributed by atoms with Crippen LogP contribution in [0.1, 0.15) is 66.4 Å². The summed E-state index contributed by atoms with van der Waals surface area (Å²) in [5, 5.41) is 12.3. The first kappa shape index (κ1) is 30.0. The Balaban J connectivity index is 0.00000961. The molecule has 0 aliphatic rings. The number of unbranched alkanes of at least 4 members (excludes halogenated alkanes) is 1. The van der Waals surface area contributed by atoms with Gasteiger partial charge in [0, 0.05) is 31.7 Å². The topological polar surface area (TPSA) is 104 Å². The first-order valence-electron chi connectivity index (χ1n) is 11.0. The number of carbonyl (C=O) groups excluding carboxylic acids is 2. The van der Waals surface area contributed by atoms with Gasteiger partial charge in [-0.15, -0.1) is 24.0 Å². The van der Waals surface area contributed by atoms with Crippen molar-refractivity contribution in [2.75, 3.05) is 18.4 Å². The van der Waals surface area contributed by atoms with E-state index in [4.69, 9.17) is 4.74 Å². The SMILES string of the molecule is CCCCC(CNC(=O)OC(C)(C)C)NC(=NCc1cccc(NC(C)=O)c1)NCC.I. The quantitative estimate of drug-likeness (QED) is 0.193. The molecule has 0 fully saturated rings. The average Bonchev–Trinajstić information content (AvgIpc) is 2.66. The van der Waals surface area contributed by atoms with Crippen molar-refractivity contribution in [1.29, 1.82) is 0 Å². The highest BCUT2D eigenvalue weighted by atomic mass is 127. The molecule has 1 atom stereocenters. The third-order valence-corrected chi connectivity index (χ3v) is 4.15. The van der Waals surface area contributed by atoms with E-state index in [1.807, 2.05) is 52.0 Å². The average molecular weight is 562 g/mol. The van der Waals surface area contributed by atoms with Crippen molar-refractivity contribution in [3.05, 3.63) is 29.8 Å². The van der Waals surface area contributed by atoms with Crippen LogP contribution in [0, 0.1) is 0 Å². The zero-order valence-corrected chi connectivity index (χ0v) is 22.5. The normalized spacial score (nSPS) is 12.2. The van der Waals surface area contributed by atoms with Crippen LogP contribution in [-0.2, 0) is 16.1 Å². The second-order valence-electron chi connectivity index (χ2n) is 8.44. The molecule has 0 saturated carbocycles. The third kappa shape index (κ3) is 14.1. The van der Waals surface area contributed by atoms with Crippen molar-refractivity contribution in [1.82, 2.24) is 16.0 Å². The van der Waals surface area contributed by atoms with Crippen LogP contribution in [0.5, 0.6) is 0 Å². The summed E-state index contributed by atoms with van der Waals surface area (Å²) in [7, 11) is 0. The predicted octanol–water partition coefficient (Wildman–Crippen LogP) is 4.40. The maximum atomic E-state index is 12.0. The number of benzene rings is 1. The Morgan fingerprint density at radius 3 is 2.47 bits per heavy atom. The van der Waals surface area contributed by atoms with Gasteiger partial charge in [-0.25, -0.2) is 9.79 Å². The molecule has 0 aliphatic carbocycles. The minimum Gasteiger partial charge on any atom is -0.444 e. The Morgan fingerprint density at radius 2 is 1.88 bits per heavy atom. The highest BCUT2D eigenvalue weighted by Gasteiger charge is 2.18. The number of halogens is 1. The number of anilines is 1. The van der Waals surface area contributed by atoms with Gasteiger partial charge in [-0.1, -0.05) is 31.9 Å². The fourth-order valence-corrected chi connectivity index (χ4v) is 2.83. The van der Waals surface area contributed by atoms with E-state index >= 15 is 0 Å². The largest absolute Gasteiger partial charge is 0.444 e. The maximum Gasteiger partial charge on any atom is 0.407 e. The second kappa shape index (κ2) is 15.7. The van der Waals surface area contributed by atoms with Gasteiger partial charge in [0.1, 0.15) is 5.60 Å². The maximum absolute atomic E-state index is 12.0. The molecule has 9 heteroatoms. The molecule has 0 radical (unpaired) electrons. The van der Waals surface area contributed by atoms with Crippen LogP contribution in [0.2, 0.25) is 0 Å². The zero-order valence-electron chi connectivity index (χ0n) is 20.2. The van der Waals surface area contributed by atoms with E-state index < -0.39 is 11.7 Å². The lowest BCUT2D eigenvalue weighted by Crippen LogP contribution is -2.49. The van der Waals surface area contributed by atoms with Crippen LogP contribution in [-0.4, -0.2) is 42.7 Å². The molecule has 0 bridgehead atoms. The first-order valence-corrected chi connectivity index (χ1v) is 11.0. The Kier molecular flexibility index (Phi) is 14.7. The van der Waals surface area contributed by atoms with Crippen LogP contribution in [0.25, 0.3) is 0 Å². The Bertz CT molecular complexity index is 735. The van der Waals surface area contributed by atoms with E-state index in [1.54, 1.807) is 0 Å². The molecule has 1 unspecified atom stereocenters. The van der Waals surface area contributed by atoms with Gasteiger partial charge in [-0.2, -0.15) is 0 Å². The number of hydrogen-bond acceptors (Lipinski definition) is 4. The molecular weight excluding hydrogens is 521 g/mol. The van der Waals surface area contributed by atoms with Crippen molar-refractivity contribution < 1.29 is 14.3 Å². The molecule has 2 amide bonds. The van der Waals surface area contributed by atoms with Crippen LogP contribution >= 0.6 is 24.0 Å². The number of ether oxygens (including phenoxy) is 1. The fourth-order valence-electron chi connectivity index (χ4n) is 2.83. The number of aliphatic imine (C=N–C) groups is 1. The second-order valence-corrected chi connectivity index (χ2v) is 8.44. The van der Waals surface area contributed by atoms with Crippen molar-refractivity contribution in [2.24, 2.45) is 4.99 Å². The summed E-state index contributed by atoms with van der Waals surface area (Å²) in [5.41, 5.74) is 1.21. The minimum absolute atomic E-state index is 0. The molecule has 0 heterocycles. The zero-order chi connectivity index (χ0) is 23.3. The van der Waals surface area contributed by atoms with Gasteiger partial charge in [0.15, 0.2) is 5.96 Å².